The molecule has 6 N–H and O–H groups in total. The first-order valence-electron chi connectivity index (χ1n) is 4.53. The Morgan fingerprint density at radius 1 is 0.733 bits per heavy atom. The summed E-state index contributed by atoms with van der Waals surface area (Å²) in [6.07, 6.45) is -9.04. The molecule has 0 aromatic heterocycles. The minimum atomic E-state index is -1.72. The van der Waals surface area contributed by atoms with Crippen LogP contribution in [-0.4, -0.2) is 67.4 Å². The van der Waals surface area contributed by atoms with Crippen molar-refractivity contribution in [2.75, 3.05) is 0 Å². The van der Waals surface area contributed by atoms with Crippen LogP contribution in [0.1, 0.15) is 13.8 Å². The van der Waals surface area contributed by atoms with Crippen molar-refractivity contribution in [3.63, 3.8) is 0 Å². The van der Waals surface area contributed by atoms with Gasteiger partial charge >= 0.3 is 0 Å². The molecule has 0 fully saturated rings. The zero-order valence-electron chi connectivity index (χ0n) is 8.56. The van der Waals surface area contributed by atoms with E-state index in [1.54, 1.807) is 0 Å². The third-order valence-electron chi connectivity index (χ3n) is 2.13. The van der Waals surface area contributed by atoms with Gasteiger partial charge in [-0.25, -0.2) is 4.89 Å². The van der Waals surface area contributed by atoms with Crippen LogP contribution >= 0.6 is 0 Å². The number of hydrogen-bond acceptors (Lipinski definition) is 7. The molecule has 0 heterocycles. The number of aliphatic hydroxyl groups is 5. The first-order chi connectivity index (χ1) is 6.82. The highest BCUT2D eigenvalue weighted by Gasteiger charge is 2.37. The normalized spacial score (nSPS) is 24.0. The van der Waals surface area contributed by atoms with E-state index >= 15 is 0 Å². The van der Waals surface area contributed by atoms with Gasteiger partial charge in [0.2, 0.25) is 0 Å². The van der Waals surface area contributed by atoms with Crippen molar-refractivity contribution in [2.24, 2.45) is 0 Å². The summed E-state index contributed by atoms with van der Waals surface area (Å²) in [4.78, 5) is 3.78. The van der Waals surface area contributed by atoms with Gasteiger partial charge in [-0.05, 0) is 13.8 Å². The molecule has 7 heteroatoms. The second-order valence-electron chi connectivity index (χ2n) is 3.52. The maximum atomic E-state index is 9.40. The first-order valence-corrected chi connectivity index (χ1v) is 4.53. The molecule has 6 unspecified atom stereocenters. The predicted molar refractivity (Wildman–Crippen MR) is 48.9 cm³/mol. The molecule has 7 nitrogen and oxygen atoms in total. The SMILES string of the molecule is CC(O)C(O)C(O)C(OO)C(O)C(C)O. The molecule has 0 saturated heterocycles. The maximum Gasteiger partial charge on any atom is 0.149 e. The number of rotatable bonds is 6. The molecule has 6 atom stereocenters. The molecular formula is C8H18O7. The highest BCUT2D eigenvalue weighted by atomic mass is 17.1. The molecule has 92 valence electrons. The van der Waals surface area contributed by atoms with Gasteiger partial charge in [-0.3, -0.25) is 5.26 Å². The summed E-state index contributed by atoms with van der Waals surface area (Å²) in [5.41, 5.74) is 0. The molecule has 0 aliphatic rings. The quantitative estimate of drug-likeness (QED) is 0.221. The van der Waals surface area contributed by atoms with Crippen LogP contribution < -0.4 is 0 Å². The zero-order chi connectivity index (χ0) is 12.2. The number of hydrogen-bond donors (Lipinski definition) is 6. The predicted octanol–water partition coefficient (Wildman–Crippen LogP) is -2.31. The van der Waals surface area contributed by atoms with E-state index in [1.165, 1.54) is 13.8 Å². The molecule has 0 amide bonds. The zero-order valence-corrected chi connectivity index (χ0v) is 8.56. The average molecular weight is 226 g/mol. The average Bonchev–Trinajstić information content (AvgIpc) is 2.16. The maximum absolute atomic E-state index is 9.40. The summed E-state index contributed by atoms with van der Waals surface area (Å²) in [5, 5.41) is 54.3. The van der Waals surface area contributed by atoms with E-state index in [2.05, 4.69) is 4.89 Å². The minimum Gasteiger partial charge on any atom is -0.391 e. The Kier molecular flexibility index (Phi) is 6.22. The molecule has 0 saturated carbocycles. The number of aliphatic hydroxyl groups excluding tert-OH is 5. The third-order valence-corrected chi connectivity index (χ3v) is 2.13. The van der Waals surface area contributed by atoms with Gasteiger partial charge in [0, 0.05) is 0 Å². The van der Waals surface area contributed by atoms with Gasteiger partial charge in [-0.1, -0.05) is 0 Å². The molecular weight excluding hydrogens is 208 g/mol. The van der Waals surface area contributed by atoms with Gasteiger partial charge in [0.05, 0.1) is 12.2 Å². The van der Waals surface area contributed by atoms with Gasteiger partial charge < -0.3 is 25.5 Å². The van der Waals surface area contributed by atoms with E-state index in [1.807, 2.05) is 0 Å². The molecule has 0 rings (SSSR count). The molecule has 0 aromatic carbocycles. The van der Waals surface area contributed by atoms with Crippen molar-refractivity contribution >= 4 is 0 Å². The summed E-state index contributed by atoms with van der Waals surface area (Å²) in [6.45, 7) is 2.44. The van der Waals surface area contributed by atoms with Crippen LogP contribution in [0.25, 0.3) is 0 Å². The summed E-state index contributed by atoms with van der Waals surface area (Å²) in [5.74, 6) is 0. The molecule has 0 bridgehead atoms. The molecule has 0 aliphatic carbocycles. The van der Waals surface area contributed by atoms with Crippen LogP contribution in [0.5, 0.6) is 0 Å². The smallest absolute Gasteiger partial charge is 0.149 e. The van der Waals surface area contributed by atoms with Gasteiger partial charge in [0.15, 0.2) is 0 Å². The van der Waals surface area contributed by atoms with E-state index in [9.17, 15) is 15.3 Å². The van der Waals surface area contributed by atoms with Gasteiger partial charge in [0.25, 0.3) is 0 Å². The van der Waals surface area contributed by atoms with Crippen LogP contribution in [0.3, 0.4) is 0 Å². The summed E-state index contributed by atoms with van der Waals surface area (Å²) < 4.78 is 0. The van der Waals surface area contributed by atoms with Crippen LogP contribution in [0.15, 0.2) is 0 Å². The van der Waals surface area contributed by atoms with E-state index in [-0.39, 0.29) is 0 Å². The lowest BCUT2D eigenvalue weighted by Gasteiger charge is -2.30. The minimum absolute atomic E-state index is 1.22. The van der Waals surface area contributed by atoms with Gasteiger partial charge in [-0.15, -0.1) is 0 Å². The lowest BCUT2D eigenvalue weighted by atomic mass is 9.97. The fourth-order valence-electron chi connectivity index (χ4n) is 1.08. The topological polar surface area (TPSA) is 131 Å². The third kappa shape index (κ3) is 3.99. The summed E-state index contributed by atoms with van der Waals surface area (Å²) in [7, 11) is 0. The van der Waals surface area contributed by atoms with Gasteiger partial charge in [0.1, 0.15) is 24.4 Å². The Balaban J connectivity index is 4.52. The Bertz CT molecular complexity index is 172. The molecule has 0 spiro atoms. The van der Waals surface area contributed by atoms with Crippen molar-refractivity contribution < 1.29 is 35.7 Å². The van der Waals surface area contributed by atoms with E-state index < -0.39 is 36.6 Å². The Morgan fingerprint density at radius 3 is 1.40 bits per heavy atom. The fourth-order valence-corrected chi connectivity index (χ4v) is 1.08. The lowest BCUT2D eigenvalue weighted by Crippen LogP contribution is -2.52. The van der Waals surface area contributed by atoms with Gasteiger partial charge in [-0.2, -0.15) is 0 Å². The second kappa shape index (κ2) is 6.33. The highest BCUT2D eigenvalue weighted by molar-refractivity contribution is 4.85. The highest BCUT2D eigenvalue weighted by Crippen LogP contribution is 2.13. The van der Waals surface area contributed by atoms with Crippen molar-refractivity contribution in [2.45, 2.75) is 50.5 Å². The Labute approximate surface area is 87.1 Å². The van der Waals surface area contributed by atoms with Crippen molar-refractivity contribution in [3.8, 4) is 0 Å². The van der Waals surface area contributed by atoms with E-state index in [0.717, 1.165) is 0 Å². The van der Waals surface area contributed by atoms with E-state index in [0.29, 0.717) is 0 Å². The summed E-state index contributed by atoms with van der Waals surface area (Å²) in [6, 6.07) is 0. The van der Waals surface area contributed by atoms with Crippen molar-refractivity contribution in [1.82, 2.24) is 0 Å². The standard InChI is InChI=1S/C8H18O7/c1-3(9)5(11)7(13)8(15-14)6(12)4(2)10/h3-14H,1-2H3. The lowest BCUT2D eigenvalue weighted by molar-refractivity contribution is -0.329. The Morgan fingerprint density at radius 2 is 1.13 bits per heavy atom. The fraction of sp³-hybridized carbons (Fsp3) is 1.00. The van der Waals surface area contributed by atoms with Crippen LogP contribution in [0, 0.1) is 0 Å². The first kappa shape index (κ1) is 14.7. The van der Waals surface area contributed by atoms with Crippen molar-refractivity contribution in [3.05, 3.63) is 0 Å². The second-order valence-corrected chi connectivity index (χ2v) is 3.52. The molecule has 0 aliphatic heterocycles. The molecule has 15 heavy (non-hydrogen) atoms. The monoisotopic (exact) mass is 226 g/mol. The Hall–Kier alpha value is -0.280. The molecule has 0 radical (unpaired) electrons. The summed E-state index contributed by atoms with van der Waals surface area (Å²) >= 11 is 0. The van der Waals surface area contributed by atoms with E-state index in [4.69, 9.17) is 15.5 Å². The van der Waals surface area contributed by atoms with Crippen LogP contribution in [0.2, 0.25) is 0 Å². The van der Waals surface area contributed by atoms with Crippen LogP contribution in [0.4, 0.5) is 0 Å². The largest absolute Gasteiger partial charge is 0.391 e. The van der Waals surface area contributed by atoms with Crippen molar-refractivity contribution in [1.29, 1.82) is 0 Å². The molecule has 0 aromatic rings. The van der Waals surface area contributed by atoms with Crippen LogP contribution in [-0.2, 0) is 4.89 Å².